The SMILES string of the molecule is CCCCCCCCOc1cc(-n2c3cc(C)sc3c3sc(C)cc32)cc(C)c1OCCCCCCCC. The van der Waals surface area contributed by atoms with Crippen LogP contribution in [0.25, 0.3) is 26.1 Å². The van der Waals surface area contributed by atoms with E-state index in [4.69, 9.17) is 9.47 Å². The Balaban J connectivity index is 1.57. The summed E-state index contributed by atoms with van der Waals surface area (Å²) in [6.07, 6.45) is 15.2. The van der Waals surface area contributed by atoms with Crippen LogP contribution in [-0.2, 0) is 0 Å². The maximum absolute atomic E-state index is 6.47. The molecule has 0 atom stereocenters. The molecule has 3 heterocycles. The first-order valence-electron chi connectivity index (χ1n) is 14.9. The fourth-order valence-electron chi connectivity index (χ4n) is 5.33. The van der Waals surface area contributed by atoms with E-state index in [9.17, 15) is 0 Å². The Labute approximate surface area is 238 Å². The van der Waals surface area contributed by atoms with E-state index in [2.05, 4.69) is 63.5 Å². The molecular formula is C33H47NO2S2. The van der Waals surface area contributed by atoms with Crippen molar-refractivity contribution < 1.29 is 9.47 Å². The molecule has 0 unspecified atom stereocenters. The fraction of sp³-hybridized carbons (Fsp3) is 0.576. The highest BCUT2D eigenvalue weighted by atomic mass is 32.1. The van der Waals surface area contributed by atoms with Crippen molar-refractivity contribution in [3.8, 4) is 17.2 Å². The van der Waals surface area contributed by atoms with E-state index >= 15 is 0 Å². The van der Waals surface area contributed by atoms with E-state index in [1.54, 1.807) is 0 Å². The van der Waals surface area contributed by atoms with Crippen molar-refractivity contribution in [2.75, 3.05) is 13.2 Å². The molecule has 4 rings (SSSR count). The summed E-state index contributed by atoms with van der Waals surface area (Å²) in [5.74, 6) is 1.82. The lowest BCUT2D eigenvalue weighted by atomic mass is 10.1. The zero-order valence-corrected chi connectivity index (χ0v) is 25.9. The van der Waals surface area contributed by atoms with Gasteiger partial charge in [-0.15, -0.1) is 22.7 Å². The predicted octanol–water partition coefficient (Wildman–Crippen LogP) is 11.3. The van der Waals surface area contributed by atoms with E-state index in [-0.39, 0.29) is 0 Å². The number of fused-ring (bicyclic) bond motifs is 3. The first-order chi connectivity index (χ1) is 18.5. The van der Waals surface area contributed by atoms with Crippen molar-refractivity contribution in [3.63, 3.8) is 0 Å². The van der Waals surface area contributed by atoms with Crippen LogP contribution in [0, 0.1) is 20.8 Å². The highest BCUT2D eigenvalue weighted by molar-refractivity contribution is 7.27. The minimum absolute atomic E-state index is 0.744. The van der Waals surface area contributed by atoms with Gasteiger partial charge in [-0.25, -0.2) is 0 Å². The van der Waals surface area contributed by atoms with Gasteiger partial charge in [0.25, 0.3) is 0 Å². The van der Waals surface area contributed by atoms with E-state index in [0.29, 0.717) is 0 Å². The van der Waals surface area contributed by atoms with E-state index in [1.165, 1.54) is 100 Å². The topological polar surface area (TPSA) is 23.4 Å². The van der Waals surface area contributed by atoms with Gasteiger partial charge >= 0.3 is 0 Å². The van der Waals surface area contributed by atoms with Gasteiger partial charge in [0.05, 0.1) is 39.3 Å². The maximum atomic E-state index is 6.47. The standard InChI is InChI=1S/C33H47NO2S2/c1-6-8-10-12-14-16-18-35-30-23-27(20-24(3)31(30)36-19-17-15-13-11-9-7-2)34-28-21-25(4)37-32(28)33-29(34)22-26(5)38-33/h20-23H,6-19H2,1-5H3. The van der Waals surface area contributed by atoms with E-state index in [0.717, 1.165) is 43.1 Å². The Morgan fingerprint density at radius 3 is 1.66 bits per heavy atom. The second-order valence-corrected chi connectivity index (χ2v) is 13.3. The van der Waals surface area contributed by atoms with Crippen LogP contribution in [0.4, 0.5) is 0 Å². The molecular weight excluding hydrogens is 507 g/mol. The predicted molar refractivity (Wildman–Crippen MR) is 168 cm³/mol. The summed E-state index contributed by atoms with van der Waals surface area (Å²) in [7, 11) is 0. The van der Waals surface area contributed by atoms with Gasteiger partial charge in [0.15, 0.2) is 11.5 Å². The highest BCUT2D eigenvalue weighted by Gasteiger charge is 2.20. The first-order valence-corrected chi connectivity index (χ1v) is 16.6. The summed E-state index contributed by atoms with van der Waals surface area (Å²) in [5, 5.41) is 0. The number of ether oxygens (including phenoxy) is 2. The number of unbranched alkanes of at least 4 members (excludes halogenated alkanes) is 10. The lowest BCUT2D eigenvalue weighted by Crippen LogP contribution is -2.06. The van der Waals surface area contributed by atoms with Crippen LogP contribution in [0.15, 0.2) is 24.3 Å². The molecule has 5 heteroatoms. The van der Waals surface area contributed by atoms with Gasteiger partial charge in [-0.2, -0.15) is 0 Å². The second-order valence-electron chi connectivity index (χ2n) is 10.8. The van der Waals surface area contributed by atoms with Crippen LogP contribution in [0.1, 0.15) is 106 Å². The second kappa shape index (κ2) is 14.4. The number of hydrogen-bond donors (Lipinski definition) is 0. The molecule has 0 radical (unpaired) electrons. The molecule has 1 aromatic carbocycles. The van der Waals surface area contributed by atoms with Crippen LogP contribution in [0.5, 0.6) is 11.5 Å². The molecule has 0 aliphatic heterocycles. The number of rotatable bonds is 17. The smallest absolute Gasteiger partial charge is 0.164 e. The Morgan fingerprint density at radius 2 is 1.11 bits per heavy atom. The number of nitrogens with zero attached hydrogens (tertiary/aromatic N) is 1. The Morgan fingerprint density at radius 1 is 0.605 bits per heavy atom. The molecule has 0 aliphatic rings. The molecule has 0 saturated carbocycles. The summed E-state index contributed by atoms with van der Waals surface area (Å²) < 4.78 is 18.1. The average molecular weight is 554 g/mol. The molecule has 0 saturated heterocycles. The summed E-state index contributed by atoms with van der Waals surface area (Å²) in [6, 6.07) is 9.17. The quantitative estimate of drug-likeness (QED) is 0.121. The van der Waals surface area contributed by atoms with Gasteiger partial charge in [-0.1, -0.05) is 78.1 Å². The van der Waals surface area contributed by atoms with Crippen molar-refractivity contribution in [2.24, 2.45) is 0 Å². The first kappa shape index (κ1) is 29.0. The number of aryl methyl sites for hydroxylation is 3. The van der Waals surface area contributed by atoms with Crippen LogP contribution < -0.4 is 9.47 Å². The molecule has 0 amide bonds. The van der Waals surface area contributed by atoms with Crippen molar-refractivity contribution in [3.05, 3.63) is 39.6 Å². The third-order valence-electron chi connectivity index (χ3n) is 7.34. The molecule has 3 aromatic heterocycles. The minimum Gasteiger partial charge on any atom is -0.490 e. The molecule has 0 aliphatic carbocycles. The van der Waals surface area contributed by atoms with Crippen molar-refractivity contribution in [1.82, 2.24) is 4.57 Å². The van der Waals surface area contributed by atoms with Gasteiger partial charge in [0.2, 0.25) is 0 Å². The van der Waals surface area contributed by atoms with Crippen molar-refractivity contribution in [1.29, 1.82) is 0 Å². The summed E-state index contributed by atoms with van der Waals surface area (Å²) in [5.41, 5.74) is 4.93. The molecule has 0 spiro atoms. The molecule has 208 valence electrons. The van der Waals surface area contributed by atoms with Crippen molar-refractivity contribution in [2.45, 2.75) is 112 Å². The lowest BCUT2D eigenvalue weighted by Gasteiger charge is -2.18. The Bertz CT molecular complexity index is 1240. The molecule has 3 nitrogen and oxygen atoms in total. The van der Waals surface area contributed by atoms with E-state index < -0.39 is 0 Å². The van der Waals surface area contributed by atoms with Crippen LogP contribution in [-0.4, -0.2) is 17.8 Å². The summed E-state index contributed by atoms with van der Waals surface area (Å²) >= 11 is 3.80. The van der Waals surface area contributed by atoms with Gasteiger partial charge in [0.1, 0.15) is 0 Å². The number of benzene rings is 1. The molecule has 0 N–H and O–H groups in total. The fourth-order valence-corrected chi connectivity index (χ4v) is 7.47. The summed E-state index contributed by atoms with van der Waals surface area (Å²) in [6.45, 7) is 12.6. The van der Waals surface area contributed by atoms with Gasteiger partial charge < -0.3 is 14.0 Å². The Hall–Kier alpha value is -1.98. The van der Waals surface area contributed by atoms with Crippen LogP contribution in [0.2, 0.25) is 0 Å². The third-order valence-corrected chi connectivity index (χ3v) is 9.59. The largest absolute Gasteiger partial charge is 0.490 e. The lowest BCUT2D eigenvalue weighted by molar-refractivity contribution is 0.257. The number of thiophene rings is 2. The number of hydrogen-bond acceptors (Lipinski definition) is 4. The zero-order valence-electron chi connectivity index (χ0n) is 24.3. The van der Waals surface area contributed by atoms with Gasteiger partial charge in [-0.05, 0) is 57.4 Å². The van der Waals surface area contributed by atoms with Crippen molar-refractivity contribution >= 4 is 43.1 Å². The van der Waals surface area contributed by atoms with Crippen LogP contribution in [0.3, 0.4) is 0 Å². The van der Waals surface area contributed by atoms with E-state index in [1.807, 2.05) is 22.7 Å². The molecule has 0 fully saturated rings. The Kier molecular flexibility index (Phi) is 11.0. The minimum atomic E-state index is 0.744. The molecule has 4 aromatic rings. The highest BCUT2D eigenvalue weighted by Crippen LogP contribution is 2.43. The molecule has 0 bridgehead atoms. The summed E-state index contributed by atoms with van der Waals surface area (Å²) in [4.78, 5) is 2.71. The van der Waals surface area contributed by atoms with Crippen LogP contribution >= 0.6 is 22.7 Å². The third kappa shape index (κ3) is 7.15. The monoisotopic (exact) mass is 553 g/mol. The van der Waals surface area contributed by atoms with Gasteiger partial charge in [0, 0.05) is 15.8 Å². The average Bonchev–Trinajstić information content (AvgIpc) is 3.52. The number of aromatic nitrogens is 1. The van der Waals surface area contributed by atoms with Gasteiger partial charge in [-0.3, -0.25) is 0 Å². The zero-order chi connectivity index (χ0) is 26.9. The molecule has 38 heavy (non-hydrogen) atoms. The maximum Gasteiger partial charge on any atom is 0.164 e. The normalized spacial score (nSPS) is 11.7.